The molecule has 0 spiro atoms. The maximum atomic E-state index is 14.3. The molecule has 53 heavy (non-hydrogen) atoms. The second-order valence-electron chi connectivity index (χ2n) is 16.4. The van der Waals surface area contributed by atoms with Gasteiger partial charge >= 0.3 is 6.09 Å². The van der Waals surface area contributed by atoms with Crippen LogP contribution in [0.3, 0.4) is 0 Å². The van der Waals surface area contributed by atoms with E-state index in [1.165, 1.54) is 6.33 Å². The van der Waals surface area contributed by atoms with Gasteiger partial charge in [-0.3, -0.25) is 9.59 Å². The lowest BCUT2D eigenvalue weighted by molar-refractivity contribution is -0.131. The van der Waals surface area contributed by atoms with Crippen LogP contribution < -0.4 is 20.7 Å². The van der Waals surface area contributed by atoms with E-state index in [1.54, 1.807) is 27.0 Å². The van der Waals surface area contributed by atoms with Crippen molar-refractivity contribution in [3.05, 3.63) is 54.1 Å². The first-order chi connectivity index (χ1) is 24.9. The molecule has 13 nitrogen and oxygen atoms in total. The number of hydrogen-bond acceptors (Lipinski definition) is 8. The summed E-state index contributed by atoms with van der Waals surface area (Å²) in [4.78, 5) is 48.2. The predicted molar refractivity (Wildman–Crippen MR) is 206 cm³/mol. The van der Waals surface area contributed by atoms with E-state index in [0.717, 1.165) is 37.7 Å². The number of aromatic nitrogens is 2. The van der Waals surface area contributed by atoms with Crippen LogP contribution in [-0.4, -0.2) is 83.5 Å². The Bertz CT molecular complexity index is 1510. The molecule has 2 aromatic rings. The maximum Gasteiger partial charge on any atom is 0.408 e. The van der Waals surface area contributed by atoms with E-state index in [9.17, 15) is 27.9 Å². The number of alkyl carbamates (subject to hydrolysis) is 1. The van der Waals surface area contributed by atoms with Crippen LogP contribution in [0.4, 0.5) is 4.79 Å². The Morgan fingerprint density at radius 1 is 0.943 bits per heavy atom. The number of aliphatic hydroxyl groups is 1. The zero-order valence-corrected chi connectivity index (χ0v) is 33.5. The lowest BCUT2D eigenvalue weighted by atomic mass is 9.81. The minimum absolute atomic E-state index is 0.0175. The molecule has 5 atom stereocenters. The zero-order chi connectivity index (χ0) is 39.2. The fourth-order valence-electron chi connectivity index (χ4n) is 6.78. The third kappa shape index (κ3) is 16.6. The van der Waals surface area contributed by atoms with E-state index < -0.39 is 57.8 Å². The highest BCUT2D eigenvalue weighted by Crippen LogP contribution is 2.30. The summed E-state index contributed by atoms with van der Waals surface area (Å²) in [7, 11) is -3.48. The number of aliphatic hydroxyl groups excluding tert-OH is 1. The number of sulfonamides is 1. The molecule has 6 N–H and O–H groups in total. The van der Waals surface area contributed by atoms with Gasteiger partial charge in [0.2, 0.25) is 21.8 Å². The van der Waals surface area contributed by atoms with Gasteiger partial charge in [0.1, 0.15) is 17.7 Å². The number of imidazole rings is 1. The molecule has 3 amide bonds. The smallest absolute Gasteiger partial charge is 0.408 e. The zero-order valence-electron chi connectivity index (χ0n) is 32.7. The van der Waals surface area contributed by atoms with Crippen LogP contribution in [0, 0.1) is 23.7 Å². The monoisotopic (exact) mass is 760 g/mol. The first-order valence-electron chi connectivity index (χ1n) is 19.2. The number of carbonyl (C=O) groups is 3. The van der Waals surface area contributed by atoms with Gasteiger partial charge in [-0.15, -0.1) is 0 Å². The quantitative estimate of drug-likeness (QED) is 0.113. The van der Waals surface area contributed by atoms with Gasteiger partial charge in [-0.2, -0.15) is 0 Å². The van der Waals surface area contributed by atoms with Crippen LogP contribution in [0.1, 0.15) is 105 Å². The van der Waals surface area contributed by atoms with Crippen molar-refractivity contribution in [2.75, 3.05) is 12.3 Å². The molecule has 3 rings (SSSR count). The Labute approximate surface area is 316 Å². The van der Waals surface area contributed by atoms with Gasteiger partial charge < -0.3 is 30.8 Å². The molecule has 0 saturated heterocycles. The summed E-state index contributed by atoms with van der Waals surface area (Å²) in [6, 6.07) is 6.47. The van der Waals surface area contributed by atoms with Crippen LogP contribution >= 0.6 is 0 Å². The fraction of sp³-hybridized carbons (Fsp3) is 0.692. The second-order valence-corrected chi connectivity index (χ2v) is 18.3. The Hall–Kier alpha value is -3.49. The van der Waals surface area contributed by atoms with Crippen molar-refractivity contribution in [2.24, 2.45) is 23.7 Å². The third-order valence-electron chi connectivity index (χ3n) is 9.61. The van der Waals surface area contributed by atoms with Crippen molar-refractivity contribution in [3.63, 3.8) is 0 Å². The van der Waals surface area contributed by atoms with Crippen LogP contribution in [-0.2, 0) is 37.2 Å². The lowest BCUT2D eigenvalue weighted by Gasteiger charge is -2.34. The van der Waals surface area contributed by atoms with E-state index in [1.807, 2.05) is 58.0 Å². The van der Waals surface area contributed by atoms with Gasteiger partial charge in [0.15, 0.2) is 0 Å². The SMILES string of the molecule is CC(C)CS(=O)(=O)NC[C@@H](C[C@H](O)[C@H](CC1CCCCC1)NC(=O)[C@H](Cc1cnc[nH]1)NC(=O)[C@H](Cc1ccccc1)NC(=O)OC(C)(C)C)C(C)C. The minimum atomic E-state index is -3.48. The van der Waals surface area contributed by atoms with Gasteiger partial charge in [-0.05, 0) is 62.8 Å². The molecule has 14 heteroatoms. The molecule has 0 bridgehead atoms. The number of H-pyrrole nitrogens is 1. The molecule has 1 aromatic heterocycles. The highest BCUT2D eigenvalue weighted by Gasteiger charge is 2.34. The number of nitrogens with zero attached hydrogens (tertiary/aromatic N) is 1. The van der Waals surface area contributed by atoms with Gasteiger partial charge in [-0.1, -0.05) is 90.1 Å². The highest BCUT2D eigenvalue weighted by atomic mass is 32.2. The van der Waals surface area contributed by atoms with Crippen molar-refractivity contribution in [3.8, 4) is 0 Å². The molecule has 1 aliphatic rings. The number of aromatic amines is 1. The number of amides is 3. The number of hydrogen-bond donors (Lipinski definition) is 6. The molecule has 0 unspecified atom stereocenters. The topological polar surface area (TPSA) is 192 Å². The number of rotatable bonds is 20. The summed E-state index contributed by atoms with van der Waals surface area (Å²) < 4.78 is 33.5. The van der Waals surface area contributed by atoms with Crippen LogP contribution in [0.15, 0.2) is 42.9 Å². The number of benzene rings is 1. The van der Waals surface area contributed by atoms with E-state index in [2.05, 4.69) is 30.6 Å². The van der Waals surface area contributed by atoms with Crippen molar-refractivity contribution < 1.29 is 32.6 Å². The molecule has 1 saturated carbocycles. The normalized spacial score (nSPS) is 17.1. The Morgan fingerprint density at radius 3 is 2.17 bits per heavy atom. The summed E-state index contributed by atoms with van der Waals surface area (Å²) in [5.74, 6) is -0.884. The average molecular weight is 761 g/mol. The molecular weight excluding hydrogens is 697 g/mol. The van der Waals surface area contributed by atoms with Crippen LogP contribution in [0.25, 0.3) is 0 Å². The standard InChI is InChI=1S/C39H64N6O7S/c1-26(2)24-53(50,51)42-22-30(27(3)4)20-35(46)32(18-28-14-10-8-11-15-28)43-37(48)34(21-31-23-40-25-41-31)44-36(47)33(19-29-16-12-9-13-17-29)45-38(49)52-39(5,6)7/h9,12-13,16-17,23,25-28,30,32-35,42,46H,8,10-11,14-15,18-22,24H2,1-7H3,(H,40,41)(H,43,48)(H,44,47)(H,45,49)/t30-,32+,33+,34+,35+/m1/s1. The molecule has 1 heterocycles. The van der Waals surface area contributed by atoms with Crippen LogP contribution in [0.2, 0.25) is 0 Å². The first kappa shape index (κ1) is 43.9. The Morgan fingerprint density at radius 2 is 1.58 bits per heavy atom. The number of nitrogens with one attached hydrogen (secondary N) is 5. The van der Waals surface area contributed by atoms with Gasteiger partial charge in [0.05, 0.1) is 24.2 Å². The number of carbonyl (C=O) groups excluding carboxylic acids is 3. The Balaban J connectivity index is 1.85. The highest BCUT2D eigenvalue weighted by molar-refractivity contribution is 7.89. The molecular formula is C39H64N6O7S. The third-order valence-corrected chi connectivity index (χ3v) is 11.3. The molecule has 0 aliphatic heterocycles. The maximum absolute atomic E-state index is 14.3. The first-order valence-corrected chi connectivity index (χ1v) is 20.8. The van der Waals surface area contributed by atoms with Crippen molar-refractivity contribution in [1.29, 1.82) is 0 Å². The molecule has 0 radical (unpaired) electrons. The second kappa shape index (κ2) is 20.8. The summed E-state index contributed by atoms with van der Waals surface area (Å²) in [6.45, 7) is 13.1. The van der Waals surface area contributed by atoms with Gasteiger partial charge in [-0.25, -0.2) is 22.9 Å². The van der Waals surface area contributed by atoms with E-state index in [4.69, 9.17) is 4.74 Å². The molecule has 1 aliphatic carbocycles. The van der Waals surface area contributed by atoms with Crippen molar-refractivity contribution in [1.82, 2.24) is 30.6 Å². The van der Waals surface area contributed by atoms with E-state index in [-0.39, 0.29) is 49.3 Å². The van der Waals surface area contributed by atoms with E-state index >= 15 is 0 Å². The number of ether oxygens (including phenoxy) is 1. The molecule has 1 aromatic carbocycles. The predicted octanol–water partition coefficient (Wildman–Crippen LogP) is 4.63. The molecule has 1 fully saturated rings. The van der Waals surface area contributed by atoms with E-state index in [0.29, 0.717) is 18.0 Å². The largest absolute Gasteiger partial charge is 0.444 e. The summed E-state index contributed by atoms with van der Waals surface area (Å²) >= 11 is 0. The fourth-order valence-corrected chi connectivity index (χ4v) is 8.25. The van der Waals surface area contributed by atoms with Crippen LogP contribution in [0.5, 0.6) is 0 Å². The average Bonchev–Trinajstić information content (AvgIpc) is 3.58. The Kier molecular flexibility index (Phi) is 17.3. The van der Waals surface area contributed by atoms with Crippen molar-refractivity contribution in [2.45, 2.75) is 136 Å². The minimum Gasteiger partial charge on any atom is -0.444 e. The summed E-state index contributed by atoms with van der Waals surface area (Å²) in [6.07, 6.45) is 7.72. The molecule has 298 valence electrons. The van der Waals surface area contributed by atoms with Gasteiger partial charge in [0, 0.05) is 31.3 Å². The lowest BCUT2D eigenvalue weighted by Crippen LogP contribution is -2.58. The van der Waals surface area contributed by atoms with Gasteiger partial charge in [0.25, 0.3) is 0 Å². The summed E-state index contributed by atoms with van der Waals surface area (Å²) in [5.41, 5.74) is 0.630. The summed E-state index contributed by atoms with van der Waals surface area (Å²) in [5, 5.41) is 20.5. The van der Waals surface area contributed by atoms with Crippen molar-refractivity contribution >= 4 is 27.9 Å².